The highest BCUT2D eigenvalue weighted by Gasteiger charge is 2.35. The van der Waals surface area contributed by atoms with E-state index in [0.717, 1.165) is 12.8 Å². The summed E-state index contributed by atoms with van der Waals surface area (Å²) < 4.78 is 17.9. The van der Waals surface area contributed by atoms with Gasteiger partial charge in [-0.05, 0) is 37.5 Å². The summed E-state index contributed by atoms with van der Waals surface area (Å²) in [4.78, 5) is 13.9. The first-order chi connectivity index (χ1) is 9.52. The van der Waals surface area contributed by atoms with Crippen LogP contribution in [0.4, 0.5) is 4.39 Å². The lowest BCUT2D eigenvalue weighted by Gasteiger charge is -2.27. The highest BCUT2D eigenvalue weighted by molar-refractivity contribution is 5.81. The predicted octanol–water partition coefficient (Wildman–Crippen LogP) is 1.89. The maximum absolute atomic E-state index is 12.9. The third-order valence-electron chi connectivity index (χ3n) is 3.60. The molecule has 0 heterocycles. The van der Waals surface area contributed by atoms with E-state index in [0.29, 0.717) is 5.56 Å². The first-order valence-electron chi connectivity index (χ1n) is 6.79. The Kier molecular flexibility index (Phi) is 4.73. The van der Waals surface area contributed by atoms with Gasteiger partial charge in [-0.1, -0.05) is 12.1 Å². The molecule has 1 aromatic rings. The molecular formula is C15H20FNO3. The monoisotopic (exact) mass is 281 g/mol. The first-order valence-corrected chi connectivity index (χ1v) is 6.79. The molecule has 2 rings (SSSR count). The number of amides is 1. The zero-order valence-electron chi connectivity index (χ0n) is 11.8. The summed E-state index contributed by atoms with van der Waals surface area (Å²) in [6.45, 7) is 1.91. The van der Waals surface area contributed by atoms with Gasteiger partial charge in [0.15, 0.2) is 0 Å². The molecule has 1 aliphatic carbocycles. The lowest BCUT2D eigenvalue weighted by molar-refractivity contribution is -0.143. The highest BCUT2D eigenvalue weighted by atomic mass is 19.1. The molecule has 1 N–H and O–H groups in total. The van der Waals surface area contributed by atoms with E-state index in [4.69, 9.17) is 4.74 Å². The summed E-state index contributed by atoms with van der Waals surface area (Å²) in [6, 6.07) is 5.87. The Hall–Kier alpha value is -1.46. The summed E-state index contributed by atoms with van der Waals surface area (Å²) >= 11 is 0. The van der Waals surface area contributed by atoms with E-state index < -0.39 is 12.2 Å². The van der Waals surface area contributed by atoms with Crippen molar-refractivity contribution in [2.75, 3.05) is 13.7 Å². The third kappa shape index (κ3) is 3.55. The summed E-state index contributed by atoms with van der Waals surface area (Å²) in [7, 11) is 1.49. The quantitative estimate of drug-likeness (QED) is 0.866. The maximum atomic E-state index is 12.9. The van der Waals surface area contributed by atoms with Crippen LogP contribution in [0.25, 0.3) is 0 Å². The molecule has 0 aliphatic heterocycles. The fraction of sp³-hybridized carbons (Fsp3) is 0.533. The minimum Gasteiger partial charge on any atom is -0.387 e. The Bertz CT molecular complexity index is 459. The Morgan fingerprint density at radius 3 is 2.55 bits per heavy atom. The van der Waals surface area contributed by atoms with Gasteiger partial charge in [-0.15, -0.1) is 0 Å². The smallest absolute Gasteiger partial charge is 0.251 e. The number of aliphatic hydroxyl groups is 1. The van der Waals surface area contributed by atoms with Crippen LogP contribution in [0.1, 0.15) is 31.4 Å². The van der Waals surface area contributed by atoms with Crippen molar-refractivity contribution >= 4 is 5.91 Å². The molecule has 1 fully saturated rings. The van der Waals surface area contributed by atoms with E-state index in [-0.39, 0.29) is 24.3 Å². The zero-order valence-corrected chi connectivity index (χ0v) is 11.8. The molecular weight excluding hydrogens is 261 g/mol. The number of methoxy groups -OCH3 is 1. The van der Waals surface area contributed by atoms with Crippen LogP contribution in [0.2, 0.25) is 0 Å². The zero-order chi connectivity index (χ0) is 14.7. The second-order valence-corrected chi connectivity index (χ2v) is 5.17. The lowest BCUT2D eigenvalue weighted by atomic mass is 10.1. The largest absolute Gasteiger partial charge is 0.387 e. The predicted molar refractivity (Wildman–Crippen MR) is 72.6 cm³/mol. The van der Waals surface area contributed by atoms with Crippen LogP contribution < -0.4 is 0 Å². The number of nitrogens with zero attached hydrogens (tertiary/aromatic N) is 1. The number of hydrogen-bond acceptors (Lipinski definition) is 3. The van der Waals surface area contributed by atoms with E-state index in [1.165, 1.54) is 31.4 Å². The summed E-state index contributed by atoms with van der Waals surface area (Å²) in [6.07, 6.45) is 0.580. The van der Waals surface area contributed by atoms with Crippen molar-refractivity contribution in [3.8, 4) is 0 Å². The number of ether oxygens (including phenoxy) is 1. The maximum Gasteiger partial charge on any atom is 0.251 e. The van der Waals surface area contributed by atoms with Gasteiger partial charge in [-0.2, -0.15) is 0 Å². The van der Waals surface area contributed by atoms with Crippen molar-refractivity contribution in [1.82, 2.24) is 4.90 Å². The summed E-state index contributed by atoms with van der Waals surface area (Å²) in [5.41, 5.74) is 0.606. The summed E-state index contributed by atoms with van der Waals surface area (Å²) in [5.74, 6) is -0.458. The van der Waals surface area contributed by atoms with Crippen molar-refractivity contribution in [2.45, 2.75) is 38.0 Å². The van der Waals surface area contributed by atoms with Gasteiger partial charge < -0.3 is 14.7 Å². The van der Waals surface area contributed by atoms with E-state index in [1.54, 1.807) is 11.8 Å². The van der Waals surface area contributed by atoms with Gasteiger partial charge in [0, 0.05) is 13.2 Å². The molecule has 1 saturated carbocycles. The van der Waals surface area contributed by atoms with Gasteiger partial charge in [0.05, 0.1) is 12.6 Å². The van der Waals surface area contributed by atoms with Crippen molar-refractivity contribution in [2.24, 2.45) is 0 Å². The number of carbonyl (C=O) groups excluding carboxylic acids is 1. The molecule has 1 amide bonds. The SMILES string of the molecule is COC(C)C(=O)N(CC(O)c1ccc(F)cc1)C1CC1. The van der Waals surface area contributed by atoms with Crippen LogP contribution in [0.15, 0.2) is 24.3 Å². The van der Waals surface area contributed by atoms with Crippen molar-refractivity contribution in [1.29, 1.82) is 0 Å². The number of aliphatic hydroxyl groups excluding tert-OH is 1. The minimum absolute atomic E-state index is 0.115. The first kappa shape index (κ1) is 14.9. The van der Waals surface area contributed by atoms with Crippen LogP contribution in [-0.4, -0.2) is 41.7 Å². The molecule has 110 valence electrons. The molecule has 5 heteroatoms. The number of benzene rings is 1. The molecule has 1 aliphatic rings. The average molecular weight is 281 g/mol. The van der Waals surface area contributed by atoms with Gasteiger partial charge in [0.2, 0.25) is 0 Å². The highest BCUT2D eigenvalue weighted by Crippen LogP contribution is 2.29. The average Bonchev–Trinajstić information content (AvgIpc) is 3.28. The minimum atomic E-state index is -0.816. The standard InChI is InChI=1S/C15H20FNO3/c1-10(20-2)15(19)17(13-7-8-13)9-14(18)11-3-5-12(16)6-4-11/h3-6,10,13-14,18H,7-9H2,1-2H3. The number of hydrogen-bond donors (Lipinski definition) is 1. The normalized spacial score (nSPS) is 17.6. The van der Waals surface area contributed by atoms with Crippen molar-refractivity contribution in [3.63, 3.8) is 0 Å². The van der Waals surface area contributed by atoms with Crippen LogP contribution in [-0.2, 0) is 9.53 Å². The topological polar surface area (TPSA) is 49.8 Å². The number of rotatable bonds is 6. The second-order valence-electron chi connectivity index (χ2n) is 5.17. The molecule has 0 spiro atoms. The summed E-state index contributed by atoms with van der Waals surface area (Å²) in [5, 5.41) is 10.2. The van der Waals surface area contributed by atoms with Gasteiger partial charge in [0.25, 0.3) is 5.91 Å². The van der Waals surface area contributed by atoms with Crippen LogP contribution in [0.3, 0.4) is 0 Å². The fourth-order valence-corrected chi connectivity index (χ4v) is 2.12. The molecule has 2 atom stereocenters. The van der Waals surface area contributed by atoms with Crippen molar-refractivity contribution in [3.05, 3.63) is 35.6 Å². The molecule has 0 radical (unpaired) electrons. The van der Waals surface area contributed by atoms with Gasteiger partial charge in [-0.25, -0.2) is 4.39 Å². The molecule has 0 saturated heterocycles. The van der Waals surface area contributed by atoms with Gasteiger partial charge in [-0.3, -0.25) is 4.79 Å². The van der Waals surface area contributed by atoms with E-state index in [9.17, 15) is 14.3 Å². The number of halogens is 1. The Balaban J connectivity index is 2.04. The molecule has 1 aromatic carbocycles. The van der Waals surface area contributed by atoms with Crippen LogP contribution in [0, 0.1) is 5.82 Å². The molecule has 2 unspecified atom stereocenters. The van der Waals surface area contributed by atoms with Crippen molar-refractivity contribution < 1.29 is 19.0 Å². The van der Waals surface area contributed by atoms with E-state index in [1.807, 2.05) is 0 Å². The Morgan fingerprint density at radius 2 is 2.05 bits per heavy atom. The molecule has 4 nitrogen and oxygen atoms in total. The Labute approximate surface area is 118 Å². The van der Waals surface area contributed by atoms with Crippen LogP contribution in [0.5, 0.6) is 0 Å². The van der Waals surface area contributed by atoms with Gasteiger partial charge >= 0.3 is 0 Å². The molecule has 20 heavy (non-hydrogen) atoms. The lowest BCUT2D eigenvalue weighted by Crippen LogP contribution is -2.42. The van der Waals surface area contributed by atoms with E-state index in [2.05, 4.69) is 0 Å². The third-order valence-corrected chi connectivity index (χ3v) is 3.60. The molecule has 0 bridgehead atoms. The molecule has 0 aromatic heterocycles. The van der Waals surface area contributed by atoms with Gasteiger partial charge in [0.1, 0.15) is 11.9 Å². The number of carbonyl (C=O) groups is 1. The Morgan fingerprint density at radius 1 is 1.45 bits per heavy atom. The van der Waals surface area contributed by atoms with E-state index >= 15 is 0 Å². The fourth-order valence-electron chi connectivity index (χ4n) is 2.12. The van der Waals surface area contributed by atoms with Crippen LogP contribution >= 0.6 is 0 Å². The second kappa shape index (κ2) is 6.33.